The maximum absolute atomic E-state index is 8.84. The van der Waals surface area contributed by atoms with Crippen LogP contribution >= 0.6 is 0 Å². The lowest BCUT2D eigenvalue weighted by Crippen LogP contribution is -2.16. The SMILES string of the molecule is CC1(c2ncc(CO)o2)CCCC1. The van der Waals surface area contributed by atoms with Gasteiger partial charge < -0.3 is 9.52 Å². The third-order valence-electron chi connectivity index (χ3n) is 2.93. The van der Waals surface area contributed by atoms with Crippen molar-refractivity contribution in [3.05, 3.63) is 17.8 Å². The summed E-state index contributed by atoms with van der Waals surface area (Å²) in [6.07, 6.45) is 6.44. The highest BCUT2D eigenvalue weighted by molar-refractivity contribution is 5.07. The van der Waals surface area contributed by atoms with Crippen LogP contribution in [0.1, 0.15) is 44.3 Å². The van der Waals surface area contributed by atoms with Crippen LogP contribution < -0.4 is 0 Å². The van der Waals surface area contributed by atoms with Crippen LogP contribution in [-0.2, 0) is 12.0 Å². The van der Waals surface area contributed by atoms with Crippen LogP contribution in [0, 0.1) is 0 Å². The van der Waals surface area contributed by atoms with Crippen molar-refractivity contribution < 1.29 is 9.52 Å². The van der Waals surface area contributed by atoms with Crippen molar-refractivity contribution >= 4 is 0 Å². The van der Waals surface area contributed by atoms with Gasteiger partial charge in [-0.3, -0.25) is 0 Å². The molecule has 72 valence electrons. The molecule has 1 fully saturated rings. The van der Waals surface area contributed by atoms with Gasteiger partial charge in [0, 0.05) is 5.41 Å². The number of nitrogens with zero attached hydrogens (tertiary/aromatic N) is 1. The molecule has 0 bridgehead atoms. The van der Waals surface area contributed by atoms with Gasteiger partial charge in [0.1, 0.15) is 12.4 Å². The molecule has 0 saturated heterocycles. The van der Waals surface area contributed by atoms with E-state index >= 15 is 0 Å². The zero-order chi connectivity index (χ0) is 9.31. The van der Waals surface area contributed by atoms with Gasteiger partial charge in [0.05, 0.1) is 6.20 Å². The van der Waals surface area contributed by atoms with E-state index in [1.54, 1.807) is 6.20 Å². The Morgan fingerprint density at radius 1 is 1.54 bits per heavy atom. The Hall–Kier alpha value is -0.830. The van der Waals surface area contributed by atoms with E-state index in [0.717, 1.165) is 18.7 Å². The molecule has 1 N–H and O–H groups in total. The molecule has 1 saturated carbocycles. The zero-order valence-corrected chi connectivity index (χ0v) is 7.92. The summed E-state index contributed by atoms with van der Waals surface area (Å²) in [6.45, 7) is 2.13. The molecule has 2 rings (SSSR count). The minimum atomic E-state index is -0.0525. The Morgan fingerprint density at radius 2 is 2.23 bits per heavy atom. The standard InChI is InChI=1S/C10H15NO2/c1-10(4-2-3-5-10)9-11-6-8(7-12)13-9/h6,12H,2-5,7H2,1H3. The van der Waals surface area contributed by atoms with E-state index in [-0.39, 0.29) is 12.0 Å². The molecule has 0 spiro atoms. The fraction of sp³-hybridized carbons (Fsp3) is 0.700. The summed E-state index contributed by atoms with van der Waals surface area (Å²) in [6, 6.07) is 0. The number of rotatable bonds is 2. The predicted octanol–water partition coefficient (Wildman–Crippen LogP) is 2.00. The monoisotopic (exact) mass is 181 g/mol. The van der Waals surface area contributed by atoms with Gasteiger partial charge in [-0.25, -0.2) is 4.98 Å². The first-order chi connectivity index (χ1) is 6.24. The van der Waals surface area contributed by atoms with Crippen LogP contribution in [0.2, 0.25) is 0 Å². The van der Waals surface area contributed by atoms with Crippen LogP contribution in [0.3, 0.4) is 0 Å². The number of aliphatic hydroxyl groups is 1. The summed E-state index contributed by atoms with van der Waals surface area (Å²) in [5.74, 6) is 1.37. The second kappa shape index (κ2) is 3.14. The summed E-state index contributed by atoms with van der Waals surface area (Å²) < 4.78 is 5.46. The number of aromatic nitrogens is 1. The average Bonchev–Trinajstić information content (AvgIpc) is 2.72. The molecule has 0 atom stereocenters. The molecule has 0 radical (unpaired) electrons. The third-order valence-corrected chi connectivity index (χ3v) is 2.93. The average molecular weight is 181 g/mol. The Bertz CT molecular complexity index is 287. The van der Waals surface area contributed by atoms with Crippen LogP contribution in [0.5, 0.6) is 0 Å². The summed E-state index contributed by atoms with van der Waals surface area (Å²) in [5, 5.41) is 8.84. The number of hydrogen-bond donors (Lipinski definition) is 1. The molecule has 13 heavy (non-hydrogen) atoms. The van der Waals surface area contributed by atoms with Crippen LogP contribution in [0.25, 0.3) is 0 Å². The fourth-order valence-corrected chi connectivity index (χ4v) is 2.03. The van der Waals surface area contributed by atoms with Gasteiger partial charge in [0.25, 0.3) is 0 Å². The van der Waals surface area contributed by atoms with Crippen molar-refractivity contribution in [1.82, 2.24) is 4.98 Å². The minimum Gasteiger partial charge on any atom is -0.443 e. The first-order valence-electron chi connectivity index (χ1n) is 4.81. The number of aliphatic hydroxyl groups excluding tert-OH is 1. The number of hydrogen-bond acceptors (Lipinski definition) is 3. The van der Waals surface area contributed by atoms with Crippen LogP contribution in [-0.4, -0.2) is 10.1 Å². The topological polar surface area (TPSA) is 46.3 Å². The third kappa shape index (κ3) is 1.48. The van der Waals surface area contributed by atoms with Crippen LogP contribution in [0.4, 0.5) is 0 Å². The molecule has 1 aromatic heterocycles. The summed E-state index contributed by atoms with van der Waals surface area (Å²) in [4.78, 5) is 4.21. The molecule has 1 aliphatic rings. The highest BCUT2D eigenvalue weighted by Crippen LogP contribution is 2.39. The highest BCUT2D eigenvalue weighted by Gasteiger charge is 2.34. The molecule has 1 aliphatic carbocycles. The Balaban J connectivity index is 2.23. The summed E-state index contributed by atoms with van der Waals surface area (Å²) >= 11 is 0. The normalized spacial score (nSPS) is 20.8. The lowest BCUT2D eigenvalue weighted by molar-refractivity contribution is 0.233. The maximum atomic E-state index is 8.84. The second-order valence-corrected chi connectivity index (χ2v) is 4.06. The maximum Gasteiger partial charge on any atom is 0.200 e. The van der Waals surface area contributed by atoms with Crippen molar-refractivity contribution in [2.45, 2.75) is 44.6 Å². The largest absolute Gasteiger partial charge is 0.443 e. The zero-order valence-electron chi connectivity index (χ0n) is 7.92. The smallest absolute Gasteiger partial charge is 0.200 e. The molecule has 3 nitrogen and oxygen atoms in total. The van der Waals surface area contributed by atoms with Crippen molar-refractivity contribution in [3.8, 4) is 0 Å². The molecular weight excluding hydrogens is 166 g/mol. The molecule has 3 heteroatoms. The van der Waals surface area contributed by atoms with E-state index in [9.17, 15) is 0 Å². The van der Waals surface area contributed by atoms with E-state index in [1.165, 1.54) is 12.8 Å². The van der Waals surface area contributed by atoms with E-state index in [1.807, 2.05) is 0 Å². The molecule has 0 aromatic carbocycles. The Morgan fingerprint density at radius 3 is 2.77 bits per heavy atom. The van der Waals surface area contributed by atoms with E-state index in [2.05, 4.69) is 11.9 Å². The summed E-state index contributed by atoms with van der Waals surface area (Å²) in [5.41, 5.74) is 0.118. The predicted molar refractivity (Wildman–Crippen MR) is 48.2 cm³/mol. The summed E-state index contributed by atoms with van der Waals surface area (Å²) in [7, 11) is 0. The van der Waals surface area contributed by atoms with Gasteiger partial charge in [-0.2, -0.15) is 0 Å². The van der Waals surface area contributed by atoms with Crippen LogP contribution in [0.15, 0.2) is 10.6 Å². The van der Waals surface area contributed by atoms with Crippen molar-refractivity contribution in [2.75, 3.05) is 0 Å². The van der Waals surface area contributed by atoms with Gasteiger partial charge in [-0.05, 0) is 12.8 Å². The van der Waals surface area contributed by atoms with E-state index < -0.39 is 0 Å². The van der Waals surface area contributed by atoms with Crippen molar-refractivity contribution in [1.29, 1.82) is 0 Å². The van der Waals surface area contributed by atoms with Gasteiger partial charge >= 0.3 is 0 Å². The van der Waals surface area contributed by atoms with Gasteiger partial charge in [-0.1, -0.05) is 19.8 Å². The van der Waals surface area contributed by atoms with Gasteiger partial charge in [0.2, 0.25) is 0 Å². The highest BCUT2D eigenvalue weighted by atomic mass is 16.4. The number of oxazole rings is 1. The van der Waals surface area contributed by atoms with Crippen molar-refractivity contribution in [3.63, 3.8) is 0 Å². The van der Waals surface area contributed by atoms with E-state index in [0.29, 0.717) is 5.76 Å². The lowest BCUT2D eigenvalue weighted by Gasteiger charge is -2.18. The first kappa shape index (κ1) is 8.75. The molecular formula is C10H15NO2. The van der Waals surface area contributed by atoms with Gasteiger partial charge in [-0.15, -0.1) is 0 Å². The van der Waals surface area contributed by atoms with Crippen molar-refractivity contribution in [2.24, 2.45) is 0 Å². The molecule has 0 amide bonds. The molecule has 0 aliphatic heterocycles. The fourth-order valence-electron chi connectivity index (χ4n) is 2.03. The second-order valence-electron chi connectivity index (χ2n) is 4.06. The molecule has 1 aromatic rings. The quantitative estimate of drug-likeness (QED) is 0.759. The molecule has 0 unspecified atom stereocenters. The van der Waals surface area contributed by atoms with Gasteiger partial charge in [0.15, 0.2) is 5.89 Å². The Kier molecular flexibility index (Phi) is 2.12. The first-order valence-corrected chi connectivity index (χ1v) is 4.81. The van der Waals surface area contributed by atoms with E-state index in [4.69, 9.17) is 9.52 Å². The lowest BCUT2D eigenvalue weighted by atomic mass is 9.89. The Labute approximate surface area is 77.8 Å². The minimum absolute atomic E-state index is 0.0525. The molecule has 1 heterocycles.